The molecule has 0 aliphatic carbocycles. The van der Waals surface area contributed by atoms with Crippen LogP contribution in [0.15, 0.2) is 27.3 Å². The molecule has 0 aromatic carbocycles. The van der Waals surface area contributed by atoms with Crippen LogP contribution in [0.4, 0.5) is 0 Å². The van der Waals surface area contributed by atoms with Crippen LogP contribution >= 0.6 is 0 Å². The second-order valence-corrected chi connectivity index (χ2v) is 2.79. The van der Waals surface area contributed by atoms with Crippen molar-refractivity contribution in [3.8, 4) is 11.3 Å². The zero-order valence-electron chi connectivity index (χ0n) is 7.35. The number of carboxylic acids is 1. The van der Waals surface area contributed by atoms with Gasteiger partial charge in [0.1, 0.15) is 17.8 Å². The van der Waals surface area contributed by atoms with Gasteiger partial charge in [0.05, 0.1) is 5.56 Å². The van der Waals surface area contributed by atoms with Crippen LogP contribution in [-0.4, -0.2) is 16.2 Å². The van der Waals surface area contributed by atoms with Crippen LogP contribution in [0.5, 0.6) is 0 Å². The predicted molar refractivity (Wildman–Crippen MR) is 45.9 cm³/mol. The highest BCUT2D eigenvalue weighted by molar-refractivity contribution is 5.92. The molecule has 0 saturated carbocycles. The fourth-order valence-corrected chi connectivity index (χ4v) is 1.15. The minimum atomic E-state index is -1.14. The summed E-state index contributed by atoms with van der Waals surface area (Å²) in [5.41, 5.74) is 0.213. The fourth-order valence-electron chi connectivity index (χ4n) is 1.15. The number of furan rings is 1. The quantitative estimate of drug-likeness (QED) is 0.788. The number of hydrogen-bond acceptors (Lipinski definition) is 4. The first-order valence-electron chi connectivity index (χ1n) is 3.93. The van der Waals surface area contributed by atoms with Gasteiger partial charge in [-0.1, -0.05) is 5.16 Å². The van der Waals surface area contributed by atoms with Crippen LogP contribution in [-0.2, 0) is 0 Å². The Morgan fingerprint density at radius 3 is 2.86 bits per heavy atom. The van der Waals surface area contributed by atoms with Gasteiger partial charge in [0, 0.05) is 0 Å². The Morgan fingerprint density at radius 1 is 1.50 bits per heavy atom. The zero-order chi connectivity index (χ0) is 10.1. The second-order valence-electron chi connectivity index (χ2n) is 2.79. The molecule has 0 unspecified atom stereocenters. The number of carbonyl (C=O) groups is 1. The molecule has 1 N–H and O–H groups in total. The first kappa shape index (κ1) is 8.55. The van der Waals surface area contributed by atoms with Gasteiger partial charge in [-0.05, 0) is 19.1 Å². The summed E-state index contributed by atoms with van der Waals surface area (Å²) in [7, 11) is 0. The molecule has 72 valence electrons. The number of rotatable bonds is 2. The summed E-state index contributed by atoms with van der Waals surface area (Å²) in [6, 6.07) is 3.42. The monoisotopic (exact) mass is 193 g/mol. The van der Waals surface area contributed by atoms with Gasteiger partial charge in [-0.2, -0.15) is 0 Å². The molecule has 2 heterocycles. The van der Waals surface area contributed by atoms with Crippen molar-refractivity contribution in [1.82, 2.24) is 5.16 Å². The number of nitrogens with zero attached hydrogens (tertiary/aromatic N) is 1. The Bertz CT molecular complexity index is 469. The van der Waals surface area contributed by atoms with Gasteiger partial charge < -0.3 is 14.0 Å². The lowest BCUT2D eigenvalue weighted by Gasteiger charge is -1.91. The summed E-state index contributed by atoms with van der Waals surface area (Å²) in [6.45, 7) is 1.78. The highest BCUT2D eigenvalue weighted by Crippen LogP contribution is 2.24. The van der Waals surface area contributed by atoms with E-state index in [1.807, 2.05) is 0 Å². The lowest BCUT2D eigenvalue weighted by Crippen LogP contribution is -1.97. The van der Waals surface area contributed by atoms with Crippen molar-refractivity contribution >= 4 is 5.97 Å². The van der Waals surface area contributed by atoms with Crippen molar-refractivity contribution < 1.29 is 18.8 Å². The molecule has 0 atom stereocenters. The molecule has 0 spiro atoms. The van der Waals surface area contributed by atoms with E-state index in [2.05, 4.69) is 9.68 Å². The minimum absolute atomic E-state index is 0.139. The lowest BCUT2D eigenvalue weighted by atomic mass is 10.2. The molecule has 0 fully saturated rings. The van der Waals surface area contributed by atoms with E-state index in [0.717, 1.165) is 0 Å². The van der Waals surface area contributed by atoms with Gasteiger partial charge in [-0.25, -0.2) is 4.79 Å². The third-order valence-electron chi connectivity index (χ3n) is 1.78. The molecular formula is C9H7NO4. The molecule has 0 amide bonds. The first-order chi connectivity index (χ1) is 6.68. The highest BCUT2D eigenvalue weighted by atomic mass is 16.5. The Labute approximate surface area is 78.9 Å². The molecule has 0 aliphatic rings. The number of aromatic carboxylic acids is 1. The Morgan fingerprint density at radius 2 is 2.29 bits per heavy atom. The molecule has 0 aliphatic heterocycles. The molecule has 0 bridgehead atoms. The molecule has 2 aromatic heterocycles. The summed E-state index contributed by atoms with van der Waals surface area (Å²) >= 11 is 0. The standard InChI is InChI=1S/C9H7NO4/c1-5-2-3-7(14-5)6-4-13-10-8(6)9(11)12/h2-4H,1H3,(H,11,12). The van der Waals surface area contributed by atoms with Crippen LogP contribution in [0.1, 0.15) is 16.2 Å². The summed E-state index contributed by atoms with van der Waals surface area (Å²) in [5.74, 6) is 0.0153. The van der Waals surface area contributed by atoms with Gasteiger partial charge in [-0.15, -0.1) is 0 Å². The van der Waals surface area contributed by atoms with Gasteiger partial charge in [0.25, 0.3) is 0 Å². The van der Waals surface area contributed by atoms with Gasteiger partial charge >= 0.3 is 5.97 Å². The maximum atomic E-state index is 10.7. The second kappa shape index (κ2) is 3.02. The lowest BCUT2D eigenvalue weighted by molar-refractivity contribution is 0.0686. The molecule has 14 heavy (non-hydrogen) atoms. The fraction of sp³-hybridized carbons (Fsp3) is 0.111. The maximum absolute atomic E-state index is 10.7. The smallest absolute Gasteiger partial charge is 0.358 e. The van der Waals surface area contributed by atoms with E-state index in [4.69, 9.17) is 9.52 Å². The molecule has 5 heteroatoms. The third kappa shape index (κ3) is 1.28. The largest absolute Gasteiger partial charge is 0.476 e. The topological polar surface area (TPSA) is 76.5 Å². The van der Waals surface area contributed by atoms with Crippen LogP contribution in [0.3, 0.4) is 0 Å². The van der Waals surface area contributed by atoms with E-state index in [0.29, 0.717) is 17.1 Å². The SMILES string of the molecule is Cc1ccc(-c2conc2C(=O)O)o1. The minimum Gasteiger partial charge on any atom is -0.476 e. The van der Waals surface area contributed by atoms with Crippen molar-refractivity contribution in [2.24, 2.45) is 0 Å². The predicted octanol–water partition coefficient (Wildman–Crippen LogP) is 1.94. The van der Waals surface area contributed by atoms with Gasteiger partial charge in [0.15, 0.2) is 0 Å². The van der Waals surface area contributed by atoms with Crippen molar-refractivity contribution in [1.29, 1.82) is 0 Å². The van der Waals surface area contributed by atoms with Gasteiger partial charge in [-0.3, -0.25) is 0 Å². The third-order valence-corrected chi connectivity index (χ3v) is 1.78. The number of aromatic nitrogens is 1. The Hall–Kier alpha value is -2.04. The van der Waals surface area contributed by atoms with E-state index >= 15 is 0 Å². The normalized spacial score (nSPS) is 10.4. The van der Waals surface area contributed by atoms with Crippen LogP contribution in [0.25, 0.3) is 11.3 Å². The number of hydrogen-bond donors (Lipinski definition) is 1. The van der Waals surface area contributed by atoms with Crippen molar-refractivity contribution in [2.75, 3.05) is 0 Å². The molecule has 0 saturated heterocycles. The van der Waals surface area contributed by atoms with E-state index in [-0.39, 0.29) is 5.69 Å². The molecule has 2 rings (SSSR count). The average molecular weight is 193 g/mol. The zero-order valence-corrected chi connectivity index (χ0v) is 7.35. The summed E-state index contributed by atoms with van der Waals surface area (Å²) < 4.78 is 9.84. The van der Waals surface area contributed by atoms with E-state index in [9.17, 15) is 4.79 Å². The van der Waals surface area contributed by atoms with Crippen LogP contribution in [0, 0.1) is 6.92 Å². The summed E-state index contributed by atoms with van der Waals surface area (Å²) in [4.78, 5) is 10.7. The number of aryl methyl sites for hydroxylation is 1. The molecule has 5 nitrogen and oxygen atoms in total. The maximum Gasteiger partial charge on any atom is 0.358 e. The van der Waals surface area contributed by atoms with Crippen molar-refractivity contribution in [2.45, 2.75) is 6.92 Å². The summed E-state index contributed by atoms with van der Waals surface area (Å²) in [5, 5.41) is 12.1. The van der Waals surface area contributed by atoms with Crippen molar-refractivity contribution in [3.63, 3.8) is 0 Å². The van der Waals surface area contributed by atoms with E-state index in [1.54, 1.807) is 19.1 Å². The first-order valence-corrected chi connectivity index (χ1v) is 3.93. The van der Waals surface area contributed by atoms with E-state index in [1.165, 1.54) is 6.26 Å². The molecule has 2 aromatic rings. The van der Waals surface area contributed by atoms with Crippen molar-refractivity contribution in [3.05, 3.63) is 29.9 Å². The van der Waals surface area contributed by atoms with Gasteiger partial charge in [0.2, 0.25) is 5.69 Å². The summed E-state index contributed by atoms with van der Waals surface area (Å²) in [6.07, 6.45) is 1.25. The van der Waals surface area contributed by atoms with Crippen LogP contribution in [0.2, 0.25) is 0 Å². The molecule has 0 radical (unpaired) electrons. The van der Waals surface area contributed by atoms with Crippen LogP contribution < -0.4 is 0 Å². The Kier molecular flexibility index (Phi) is 1.85. The van der Waals surface area contributed by atoms with E-state index < -0.39 is 5.97 Å². The highest BCUT2D eigenvalue weighted by Gasteiger charge is 2.18. The average Bonchev–Trinajstić information content (AvgIpc) is 2.70. The number of carboxylic acid groups (broad SMARTS) is 1. The molecular weight excluding hydrogens is 186 g/mol. The Balaban J connectivity index is 2.51.